The molecule has 3 heteroatoms. The van der Waals surface area contributed by atoms with Crippen molar-refractivity contribution in [1.29, 1.82) is 0 Å². The Morgan fingerprint density at radius 2 is 2.50 bits per heavy atom. The molecule has 1 fully saturated rings. The summed E-state index contributed by atoms with van der Waals surface area (Å²) < 4.78 is 5.76. The van der Waals surface area contributed by atoms with Crippen molar-refractivity contribution in [2.45, 2.75) is 57.6 Å². The van der Waals surface area contributed by atoms with Crippen LogP contribution in [-0.4, -0.2) is 25.3 Å². The molecule has 1 N–H and O–H groups in total. The molecular weight excluding hydrogens is 242 g/mol. The average Bonchev–Trinajstić information content (AvgIpc) is 3.05. The van der Waals surface area contributed by atoms with Crippen LogP contribution in [0.3, 0.4) is 0 Å². The third-order valence-corrected chi connectivity index (χ3v) is 4.35. The standard InChI is InChI=1S/C15H25NOS/c1-2-8-16-14(11-15-4-3-9-17-15)6-5-13-7-10-18-12-13/h7,10,12,14-16H,2-6,8-9,11H2,1H3. The van der Waals surface area contributed by atoms with Gasteiger partial charge in [-0.05, 0) is 67.5 Å². The van der Waals surface area contributed by atoms with Crippen LogP contribution in [0.25, 0.3) is 0 Å². The highest BCUT2D eigenvalue weighted by Gasteiger charge is 2.20. The van der Waals surface area contributed by atoms with Gasteiger partial charge in [0.25, 0.3) is 0 Å². The van der Waals surface area contributed by atoms with E-state index in [2.05, 4.69) is 29.1 Å². The summed E-state index contributed by atoms with van der Waals surface area (Å²) in [6.07, 6.45) is 7.82. The van der Waals surface area contributed by atoms with E-state index in [1.165, 1.54) is 44.1 Å². The fourth-order valence-corrected chi connectivity index (χ4v) is 3.28. The summed E-state index contributed by atoms with van der Waals surface area (Å²) in [6.45, 7) is 4.33. The van der Waals surface area contributed by atoms with Crippen molar-refractivity contribution in [3.63, 3.8) is 0 Å². The molecule has 2 rings (SSSR count). The Hall–Kier alpha value is -0.380. The van der Waals surface area contributed by atoms with E-state index in [1.54, 1.807) is 11.3 Å². The van der Waals surface area contributed by atoms with Crippen LogP contribution in [0.1, 0.15) is 44.6 Å². The minimum atomic E-state index is 0.502. The van der Waals surface area contributed by atoms with Gasteiger partial charge in [0.1, 0.15) is 0 Å². The van der Waals surface area contributed by atoms with Crippen molar-refractivity contribution in [3.8, 4) is 0 Å². The first kappa shape index (κ1) is 14.0. The largest absolute Gasteiger partial charge is 0.378 e. The maximum Gasteiger partial charge on any atom is 0.0590 e. The third kappa shape index (κ3) is 4.71. The molecule has 2 heterocycles. The van der Waals surface area contributed by atoms with Gasteiger partial charge in [0, 0.05) is 12.6 Å². The van der Waals surface area contributed by atoms with E-state index in [4.69, 9.17) is 4.74 Å². The molecule has 1 aromatic rings. The Balaban J connectivity index is 1.75. The van der Waals surface area contributed by atoms with Gasteiger partial charge < -0.3 is 10.1 Å². The molecular formula is C15H25NOS. The van der Waals surface area contributed by atoms with E-state index in [0.717, 1.165) is 13.2 Å². The highest BCUT2D eigenvalue weighted by molar-refractivity contribution is 7.07. The van der Waals surface area contributed by atoms with Gasteiger partial charge in [-0.1, -0.05) is 6.92 Å². The second-order valence-corrected chi connectivity index (χ2v) is 5.97. The zero-order chi connectivity index (χ0) is 12.6. The van der Waals surface area contributed by atoms with E-state index in [1.807, 2.05) is 0 Å². The molecule has 1 aliphatic rings. The molecule has 0 amide bonds. The van der Waals surface area contributed by atoms with Crippen LogP contribution in [0.5, 0.6) is 0 Å². The molecule has 0 spiro atoms. The zero-order valence-corrected chi connectivity index (χ0v) is 12.2. The number of hydrogen-bond acceptors (Lipinski definition) is 3. The second-order valence-electron chi connectivity index (χ2n) is 5.19. The van der Waals surface area contributed by atoms with Crippen LogP contribution in [0.15, 0.2) is 16.8 Å². The quantitative estimate of drug-likeness (QED) is 0.777. The van der Waals surface area contributed by atoms with Gasteiger partial charge >= 0.3 is 0 Å². The number of hydrogen-bond donors (Lipinski definition) is 1. The maximum atomic E-state index is 5.76. The monoisotopic (exact) mass is 267 g/mol. The SMILES string of the molecule is CCCNC(CCc1ccsc1)CC1CCCO1. The number of ether oxygens (including phenoxy) is 1. The summed E-state index contributed by atoms with van der Waals surface area (Å²) in [4.78, 5) is 0. The molecule has 0 aliphatic carbocycles. The number of thiophene rings is 1. The van der Waals surface area contributed by atoms with Crippen LogP contribution in [-0.2, 0) is 11.2 Å². The molecule has 0 saturated carbocycles. The van der Waals surface area contributed by atoms with Crippen molar-refractivity contribution in [1.82, 2.24) is 5.32 Å². The summed E-state index contributed by atoms with van der Waals surface area (Å²) in [7, 11) is 0. The van der Waals surface area contributed by atoms with E-state index >= 15 is 0 Å². The molecule has 102 valence electrons. The number of rotatable bonds is 8. The lowest BCUT2D eigenvalue weighted by molar-refractivity contribution is 0.0936. The summed E-state index contributed by atoms with van der Waals surface area (Å²) in [5, 5.41) is 8.12. The lowest BCUT2D eigenvalue weighted by Crippen LogP contribution is -2.33. The molecule has 1 saturated heterocycles. The van der Waals surface area contributed by atoms with E-state index in [0.29, 0.717) is 12.1 Å². The topological polar surface area (TPSA) is 21.3 Å². The Kier molecular flexibility index (Phi) is 6.18. The molecule has 0 bridgehead atoms. The van der Waals surface area contributed by atoms with Gasteiger partial charge in [-0.2, -0.15) is 11.3 Å². The van der Waals surface area contributed by atoms with Crippen molar-refractivity contribution in [2.24, 2.45) is 0 Å². The first-order valence-corrected chi connectivity index (χ1v) is 8.19. The lowest BCUT2D eigenvalue weighted by atomic mass is 10.0. The van der Waals surface area contributed by atoms with Gasteiger partial charge in [-0.15, -0.1) is 0 Å². The predicted molar refractivity (Wildman–Crippen MR) is 78.3 cm³/mol. The first-order chi connectivity index (χ1) is 8.88. The summed E-state index contributed by atoms with van der Waals surface area (Å²) in [6, 6.07) is 2.86. The highest BCUT2D eigenvalue weighted by Crippen LogP contribution is 2.19. The molecule has 1 aromatic heterocycles. The van der Waals surface area contributed by atoms with Gasteiger partial charge in [0.2, 0.25) is 0 Å². The summed E-state index contributed by atoms with van der Waals surface area (Å²) in [5.74, 6) is 0. The Labute approximate surface area is 115 Å². The average molecular weight is 267 g/mol. The number of nitrogens with one attached hydrogen (secondary N) is 1. The molecule has 1 aliphatic heterocycles. The van der Waals surface area contributed by atoms with E-state index < -0.39 is 0 Å². The van der Waals surface area contributed by atoms with Crippen LogP contribution >= 0.6 is 11.3 Å². The van der Waals surface area contributed by atoms with Gasteiger partial charge in [-0.25, -0.2) is 0 Å². The smallest absolute Gasteiger partial charge is 0.0590 e. The molecule has 0 radical (unpaired) electrons. The number of aryl methyl sites for hydroxylation is 1. The maximum absolute atomic E-state index is 5.76. The van der Waals surface area contributed by atoms with Gasteiger partial charge in [0.05, 0.1) is 6.10 Å². The van der Waals surface area contributed by atoms with Crippen molar-refractivity contribution >= 4 is 11.3 Å². The fourth-order valence-electron chi connectivity index (χ4n) is 2.58. The fraction of sp³-hybridized carbons (Fsp3) is 0.733. The molecule has 2 nitrogen and oxygen atoms in total. The molecule has 2 unspecified atom stereocenters. The molecule has 0 aromatic carbocycles. The predicted octanol–water partition coefficient (Wildman–Crippen LogP) is 3.62. The van der Waals surface area contributed by atoms with Crippen molar-refractivity contribution < 1.29 is 4.74 Å². The summed E-state index contributed by atoms with van der Waals surface area (Å²) >= 11 is 1.80. The lowest BCUT2D eigenvalue weighted by Gasteiger charge is -2.21. The zero-order valence-electron chi connectivity index (χ0n) is 11.4. The molecule has 2 atom stereocenters. The van der Waals surface area contributed by atoms with Crippen molar-refractivity contribution in [2.75, 3.05) is 13.2 Å². The normalized spacial score (nSPS) is 21.3. The van der Waals surface area contributed by atoms with Crippen LogP contribution in [0.2, 0.25) is 0 Å². The van der Waals surface area contributed by atoms with Crippen molar-refractivity contribution in [3.05, 3.63) is 22.4 Å². The van der Waals surface area contributed by atoms with Gasteiger partial charge in [0.15, 0.2) is 0 Å². The van der Waals surface area contributed by atoms with Crippen LogP contribution < -0.4 is 5.32 Å². The second kappa shape index (κ2) is 7.93. The van der Waals surface area contributed by atoms with Crippen LogP contribution in [0, 0.1) is 0 Å². The highest BCUT2D eigenvalue weighted by atomic mass is 32.1. The minimum Gasteiger partial charge on any atom is -0.378 e. The van der Waals surface area contributed by atoms with Gasteiger partial charge in [-0.3, -0.25) is 0 Å². The van der Waals surface area contributed by atoms with Crippen LogP contribution in [0.4, 0.5) is 0 Å². The summed E-state index contributed by atoms with van der Waals surface area (Å²) in [5.41, 5.74) is 1.48. The minimum absolute atomic E-state index is 0.502. The third-order valence-electron chi connectivity index (χ3n) is 3.62. The van der Waals surface area contributed by atoms with E-state index in [9.17, 15) is 0 Å². The van der Waals surface area contributed by atoms with E-state index in [-0.39, 0.29) is 0 Å². The molecule has 18 heavy (non-hydrogen) atoms. The Bertz CT molecular complexity index is 306. The first-order valence-electron chi connectivity index (χ1n) is 7.24. The Morgan fingerprint density at radius 3 is 3.17 bits per heavy atom. The Morgan fingerprint density at radius 1 is 1.56 bits per heavy atom.